The molecule has 2 aromatic rings. The lowest BCUT2D eigenvalue weighted by Gasteiger charge is -2.32. The third-order valence-corrected chi connectivity index (χ3v) is 4.86. The van der Waals surface area contributed by atoms with Crippen molar-refractivity contribution >= 4 is 23.2 Å². The predicted molar refractivity (Wildman–Crippen MR) is 108 cm³/mol. The van der Waals surface area contributed by atoms with E-state index in [0.29, 0.717) is 17.8 Å². The Labute approximate surface area is 160 Å². The van der Waals surface area contributed by atoms with Gasteiger partial charge in [0.25, 0.3) is 0 Å². The minimum Gasteiger partial charge on any atom is -0.326 e. The molecule has 0 aromatic heterocycles. The van der Waals surface area contributed by atoms with Gasteiger partial charge in [0.15, 0.2) is 0 Å². The summed E-state index contributed by atoms with van der Waals surface area (Å²) in [5, 5.41) is 5.83. The van der Waals surface area contributed by atoms with Crippen LogP contribution in [0, 0.1) is 5.92 Å². The van der Waals surface area contributed by atoms with Crippen molar-refractivity contribution in [3.8, 4) is 0 Å². The number of hydrogen-bond donors (Lipinski definition) is 2. The zero-order valence-corrected chi connectivity index (χ0v) is 15.8. The molecular formula is C22H27N3O2. The van der Waals surface area contributed by atoms with Crippen LogP contribution in [-0.4, -0.2) is 29.8 Å². The summed E-state index contributed by atoms with van der Waals surface area (Å²) in [5.41, 5.74) is 2.70. The number of hydrogen-bond acceptors (Lipinski definition) is 3. The zero-order chi connectivity index (χ0) is 19.1. The number of rotatable bonds is 6. The molecule has 27 heavy (non-hydrogen) atoms. The molecule has 1 fully saturated rings. The van der Waals surface area contributed by atoms with Crippen molar-refractivity contribution in [1.82, 2.24) is 4.90 Å². The molecule has 0 radical (unpaired) electrons. The molecule has 0 aliphatic carbocycles. The van der Waals surface area contributed by atoms with E-state index < -0.39 is 0 Å². The van der Waals surface area contributed by atoms with Gasteiger partial charge in [-0.2, -0.15) is 0 Å². The normalized spacial score (nSPS) is 17.3. The van der Waals surface area contributed by atoms with Crippen molar-refractivity contribution in [3.63, 3.8) is 0 Å². The molecule has 0 bridgehead atoms. The van der Waals surface area contributed by atoms with Gasteiger partial charge in [-0.25, -0.2) is 0 Å². The van der Waals surface area contributed by atoms with Crippen LogP contribution in [-0.2, 0) is 16.1 Å². The number of carbonyl (C=O) groups excluding carboxylic acids is 2. The summed E-state index contributed by atoms with van der Waals surface area (Å²) in [7, 11) is 0. The number of likely N-dealkylation sites (tertiary alicyclic amines) is 1. The van der Waals surface area contributed by atoms with Crippen LogP contribution in [0.3, 0.4) is 0 Å². The Morgan fingerprint density at radius 3 is 2.52 bits per heavy atom. The highest BCUT2D eigenvalue weighted by atomic mass is 16.2. The molecule has 0 saturated carbocycles. The van der Waals surface area contributed by atoms with E-state index in [1.165, 1.54) is 5.56 Å². The van der Waals surface area contributed by atoms with Crippen molar-refractivity contribution in [1.29, 1.82) is 0 Å². The topological polar surface area (TPSA) is 61.4 Å². The van der Waals surface area contributed by atoms with Gasteiger partial charge in [-0.05, 0) is 43.1 Å². The summed E-state index contributed by atoms with van der Waals surface area (Å²) in [6.45, 7) is 4.48. The second kappa shape index (κ2) is 9.33. The first-order valence-electron chi connectivity index (χ1n) is 9.61. The highest BCUT2D eigenvalue weighted by Gasteiger charge is 2.25. The molecule has 1 atom stereocenters. The van der Waals surface area contributed by atoms with Gasteiger partial charge in [0.2, 0.25) is 11.8 Å². The van der Waals surface area contributed by atoms with Crippen LogP contribution in [0.2, 0.25) is 0 Å². The molecule has 2 aromatic carbocycles. The maximum Gasteiger partial charge on any atom is 0.228 e. The lowest BCUT2D eigenvalue weighted by Crippen LogP contribution is -2.40. The first kappa shape index (κ1) is 19.1. The Morgan fingerprint density at radius 2 is 1.78 bits per heavy atom. The molecule has 1 aliphatic rings. The molecular weight excluding hydrogens is 338 g/mol. The Balaban J connectivity index is 1.57. The lowest BCUT2D eigenvalue weighted by molar-refractivity contribution is -0.121. The number of carbonyl (C=O) groups is 2. The van der Waals surface area contributed by atoms with Crippen LogP contribution in [0.4, 0.5) is 11.4 Å². The van der Waals surface area contributed by atoms with E-state index in [1.807, 2.05) is 43.3 Å². The third kappa shape index (κ3) is 5.66. The van der Waals surface area contributed by atoms with Crippen LogP contribution < -0.4 is 10.6 Å². The Hall–Kier alpha value is -2.66. The van der Waals surface area contributed by atoms with E-state index in [-0.39, 0.29) is 17.7 Å². The fraction of sp³-hybridized carbons (Fsp3) is 0.364. The highest BCUT2D eigenvalue weighted by molar-refractivity contribution is 5.95. The van der Waals surface area contributed by atoms with Gasteiger partial charge < -0.3 is 10.6 Å². The van der Waals surface area contributed by atoms with Crippen LogP contribution >= 0.6 is 0 Å². The van der Waals surface area contributed by atoms with Crippen molar-refractivity contribution in [2.24, 2.45) is 5.92 Å². The fourth-order valence-corrected chi connectivity index (χ4v) is 3.42. The average molecular weight is 365 g/mol. The summed E-state index contributed by atoms with van der Waals surface area (Å²) in [5.74, 6) is -0.00890. The van der Waals surface area contributed by atoms with Crippen LogP contribution in [0.15, 0.2) is 54.6 Å². The molecule has 1 unspecified atom stereocenters. The monoisotopic (exact) mass is 365 g/mol. The molecule has 2 amide bonds. The lowest BCUT2D eigenvalue weighted by atomic mass is 9.96. The van der Waals surface area contributed by atoms with Gasteiger partial charge in [-0.15, -0.1) is 0 Å². The number of nitrogens with one attached hydrogen (secondary N) is 2. The Bertz CT molecular complexity index is 776. The van der Waals surface area contributed by atoms with E-state index >= 15 is 0 Å². The van der Waals surface area contributed by atoms with Gasteiger partial charge in [-0.1, -0.05) is 43.3 Å². The standard InChI is InChI=1S/C22H27N3O2/c1-2-21(26)23-19-11-6-12-20(14-19)24-22(27)18-10-7-13-25(16-18)15-17-8-4-3-5-9-17/h3-6,8-9,11-12,14,18H,2,7,10,13,15-16H2,1H3,(H,23,26)(H,24,27). The minimum atomic E-state index is -0.0395. The maximum absolute atomic E-state index is 12.7. The van der Waals surface area contributed by atoms with Crippen molar-refractivity contribution < 1.29 is 9.59 Å². The predicted octanol–water partition coefficient (Wildman–Crippen LogP) is 3.89. The maximum atomic E-state index is 12.7. The Kier molecular flexibility index (Phi) is 6.60. The second-order valence-corrected chi connectivity index (χ2v) is 7.03. The molecule has 0 spiro atoms. The average Bonchev–Trinajstić information content (AvgIpc) is 2.69. The van der Waals surface area contributed by atoms with E-state index in [0.717, 1.165) is 32.5 Å². The first-order chi connectivity index (χ1) is 13.1. The smallest absolute Gasteiger partial charge is 0.228 e. The number of piperidine rings is 1. The number of anilines is 2. The summed E-state index contributed by atoms with van der Waals surface area (Å²) in [6, 6.07) is 17.7. The summed E-state index contributed by atoms with van der Waals surface area (Å²) in [4.78, 5) is 26.6. The van der Waals surface area contributed by atoms with Gasteiger partial charge in [0.05, 0.1) is 5.92 Å². The quantitative estimate of drug-likeness (QED) is 0.816. The molecule has 2 N–H and O–H groups in total. The third-order valence-electron chi connectivity index (χ3n) is 4.86. The van der Waals surface area contributed by atoms with Gasteiger partial charge >= 0.3 is 0 Å². The van der Waals surface area contributed by atoms with Crippen molar-refractivity contribution in [3.05, 3.63) is 60.2 Å². The molecule has 142 valence electrons. The Morgan fingerprint density at radius 1 is 1.04 bits per heavy atom. The largest absolute Gasteiger partial charge is 0.326 e. The first-order valence-corrected chi connectivity index (χ1v) is 9.61. The molecule has 3 rings (SSSR count). The summed E-state index contributed by atoms with van der Waals surface area (Å²) >= 11 is 0. The van der Waals surface area contributed by atoms with Crippen LogP contribution in [0.5, 0.6) is 0 Å². The van der Waals surface area contributed by atoms with Gasteiger partial charge in [0, 0.05) is 30.9 Å². The zero-order valence-electron chi connectivity index (χ0n) is 15.8. The van der Waals surface area contributed by atoms with Crippen molar-refractivity contribution in [2.75, 3.05) is 23.7 Å². The van der Waals surface area contributed by atoms with Crippen LogP contribution in [0.1, 0.15) is 31.7 Å². The van der Waals surface area contributed by atoms with E-state index in [2.05, 4.69) is 27.7 Å². The van der Waals surface area contributed by atoms with Crippen molar-refractivity contribution in [2.45, 2.75) is 32.7 Å². The molecule has 5 nitrogen and oxygen atoms in total. The second-order valence-electron chi connectivity index (χ2n) is 7.03. The SMILES string of the molecule is CCC(=O)Nc1cccc(NC(=O)C2CCCN(Cc3ccccc3)C2)c1. The van der Waals surface area contributed by atoms with E-state index in [9.17, 15) is 9.59 Å². The fourth-order valence-electron chi connectivity index (χ4n) is 3.42. The van der Waals surface area contributed by atoms with E-state index in [1.54, 1.807) is 6.07 Å². The summed E-state index contributed by atoms with van der Waals surface area (Å²) < 4.78 is 0. The van der Waals surface area contributed by atoms with E-state index in [4.69, 9.17) is 0 Å². The molecule has 1 aliphatic heterocycles. The molecule has 5 heteroatoms. The number of amides is 2. The highest BCUT2D eigenvalue weighted by Crippen LogP contribution is 2.22. The molecule has 1 saturated heterocycles. The minimum absolute atomic E-state index is 0.0173. The van der Waals surface area contributed by atoms with Gasteiger partial charge in [0.1, 0.15) is 0 Å². The van der Waals surface area contributed by atoms with Gasteiger partial charge in [-0.3, -0.25) is 14.5 Å². The van der Waals surface area contributed by atoms with Crippen LogP contribution in [0.25, 0.3) is 0 Å². The summed E-state index contributed by atoms with van der Waals surface area (Å²) in [6.07, 6.45) is 2.36. The number of nitrogens with zero attached hydrogens (tertiary/aromatic N) is 1. The number of benzene rings is 2. The molecule has 1 heterocycles.